The Morgan fingerprint density at radius 1 is 1.28 bits per heavy atom. The summed E-state index contributed by atoms with van der Waals surface area (Å²) in [7, 11) is 0. The van der Waals surface area contributed by atoms with E-state index in [9.17, 15) is 9.90 Å². The molecule has 0 radical (unpaired) electrons. The number of hydrogen-bond donors (Lipinski definition) is 1. The van der Waals surface area contributed by atoms with Gasteiger partial charge in [0.2, 0.25) is 0 Å². The quantitative estimate of drug-likeness (QED) is 0.863. The van der Waals surface area contributed by atoms with Gasteiger partial charge in [0.1, 0.15) is 0 Å². The molecule has 0 saturated heterocycles. The Kier molecular flexibility index (Phi) is 3.73. The second-order valence-corrected chi connectivity index (χ2v) is 5.31. The Morgan fingerprint density at radius 2 is 2.00 bits per heavy atom. The van der Waals surface area contributed by atoms with Crippen molar-refractivity contribution in [2.45, 2.75) is 6.92 Å². The first kappa shape index (κ1) is 13.1. The van der Waals surface area contributed by atoms with Crippen molar-refractivity contribution in [1.82, 2.24) is 0 Å². The van der Waals surface area contributed by atoms with Crippen LogP contribution in [0.2, 0.25) is 5.02 Å². The molecule has 1 N–H and O–H groups in total. The highest BCUT2D eigenvalue weighted by Crippen LogP contribution is 2.33. The highest BCUT2D eigenvalue weighted by molar-refractivity contribution is 9.10. The molecule has 18 heavy (non-hydrogen) atoms. The lowest BCUT2D eigenvalue weighted by Crippen LogP contribution is -2.01. The van der Waals surface area contributed by atoms with Gasteiger partial charge in [0.05, 0.1) is 10.6 Å². The molecule has 2 aromatic rings. The van der Waals surface area contributed by atoms with Crippen LogP contribution in [0.1, 0.15) is 15.9 Å². The molecule has 92 valence electrons. The number of rotatable bonds is 2. The lowest BCUT2D eigenvalue weighted by molar-refractivity contribution is 0.0698. The zero-order valence-corrected chi connectivity index (χ0v) is 11.9. The fourth-order valence-corrected chi connectivity index (χ4v) is 2.72. The average Bonchev–Trinajstić information content (AvgIpc) is 2.27. The van der Waals surface area contributed by atoms with Crippen molar-refractivity contribution >= 4 is 33.5 Å². The first-order chi connectivity index (χ1) is 8.49. The van der Waals surface area contributed by atoms with Crippen molar-refractivity contribution in [3.63, 3.8) is 0 Å². The largest absolute Gasteiger partial charge is 0.478 e. The van der Waals surface area contributed by atoms with Crippen LogP contribution in [0.25, 0.3) is 11.1 Å². The molecule has 0 bridgehead atoms. The summed E-state index contributed by atoms with van der Waals surface area (Å²) in [4.78, 5) is 11.3. The molecule has 0 amide bonds. The van der Waals surface area contributed by atoms with Crippen LogP contribution < -0.4 is 0 Å². The van der Waals surface area contributed by atoms with E-state index >= 15 is 0 Å². The monoisotopic (exact) mass is 324 g/mol. The van der Waals surface area contributed by atoms with Gasteiger partial charge in [-0.3, -0.25) is 0 Å². The van der Waals surface area contributed by atoms with E-state index in [4.69, 9.17) is 11.6 Å². The lowest BCUT2D eigenvalue weighted by Gasteiger charge is -2.10. The molecule has 2 aromatic carbocycles. The number of benzene rings is 2. The maximum Gasteiger partial charge on any atom is 0.337 e. The minimum Gasteiger partial charge on any atom is -0.478 e. The minimum absolute atomic E-state index is 0.130. The molecule has 0 aliphatic carbocycles. The molecule has 0 heterocycles. The molecule has 0 saturated carbocycles. The van der Waals surface area contributed by atoms with E-state index in [0.717, 1.165) is 15.6 Å². The molecule has 0 aliphatic heterocycles. The van der Waals surface area contributed by atoms with E-state index in [2.05, 4.69) is 15.9 Å². The SMILES string of the molecule is Cc1cccc(-c2cc(Br)cc(Cl)c2C(=O)O)c1. The molecule has 0 spiro atoms. The highest BCUT2D eigenvalue weighted by Gasteiger charge is 2.17. The lowest BCUT2D eigenvalue weighted by atomic mass is 9.98. The number of hydrogen-bond acceptors (Lipinski definition) is 1. The highest BCUT2D eigenvalue weighted by atomic mass is 79.9. The molecule has 0 aromatic heterocycles. The zero-order valence-electron chi connectivity index (χ0n) is 9.58. The number of aryl methyl sites for hydroxylation is 1. The number of aromatic carboxylic acids is 1. The van der Waals surface area contributed by atoms with Gasteiger partial charge in [0.25, 0.3) is 0 Å². The molecule has 2 nitrogen and oxygen atoms in total. The smallest absolute Gasteiger partial charge is 0.337 e. The van der Waals surface area contributed by atoms with Crippen LogP contribution in [-0.2, 0) is 0 Å². The van der Waals surface area contributed by atoms with Gasteiger partial charge in [-0.25, -0.2) is 4.79 Å². The third kappa shape index (κ3) is 2.57. The number of carbonyl (C=O) groups is 1. The van der Waals surface area contributed by atoms with E-state index in [1.165, 1.54) is 0 Å². The van der Waals surface area contributed by atoms with Crippen molar-refractivity contribution in [2.24, 2.45) is 0 Å². The summed E-state index contributed by atoms with van der Waals surface area (Å²) in [6, 6.07) is 11.0. The minimum atomic E-state index is -1.02. The molecule has 0 atom stereocenters. The molecule has 4 heteroatoms. The Bertz CT molecular complexity index is 623. The Hall–Kier alpha value is -1.32. The van der Waals surface area contributed by atoms with Crippen LogP contribution >= 0.6 is 27.5 Å². The second kappa shape index (κ2) is 5.12. The summed E-state index contributed by atoms with van der Waals surface area (Å²) >= 11 is 9.34. The van der Waals surface area contributed by atoms with Crippen LogP contribution in [0, 0.1) is 6.92 Å². The van der Waals surface area contributed by atoms with Gasteiger partial charge in [-0.1, -0.05) is 57.4 Å². The van der Waals surface area contributed by atoms with Gasteiger partial charge in [-0.2, -0.15) is 0 Å². The fraction of sp³-hybridized carbons (Fsp3) is 0.0714. The van der Waals surface area contributed by atoms with E-state index in [1.54, 1.807) is 12.1 Å². The first-order valence-electron chi connectivity index (χ1n) is 5.28. The van der Waals surface area contributed by atoms with Crippen molar-refractivity contribution in [2.75, 3.05) is 0 Å². The normalized spacial score (nSPS) is 10.4. The fourth-order valence-electron chi connectivity index (χ4n) is 1.83. The maximum absolute atomic E-state index is 11.3. The van der Waals surface area contributed by atoms with E-state index < -0.39 is 5.97 Å². The number of halogens is 2. The van der Waals surface area contributed by atoms with Crippen LogP contribution in [0.15, 0.2) is 40.9 Å². The van der Waals surface area contributed by atoms with Crippen LogP contribution in [0.5, 0.6) is 0 Å². The standard InChI is InChI=1S/C14H10BrClO2/c1-8-3-2-4-9(5-8)11-6-10(15)7-12(16)13(11)14(17)18/h2-7H,1H3,(H,17,18). The molecule has 0 aliphatic rings. The van der Waals surface area contributed by atoms with Crippen molar-refractivity contribution in [3.05, 3.63) is 57.0 Å². The molecule has 2 rings (SSSR count). The predicted octanol–water partition coefficient (Wildman–Crippen LogP) is 4.78. The van der Waals surface area contributed by atoms with Crippen molar-refractivity contribution < 1.29 is 9.90 Å². The van der Waals surface area contributed by atoms with Gasteiger partial charge in [-0.05, 0) is 30.2 Å². The maximum atomic E-state index is 11.3. The average molecular weight is 326 g/mol. The van der Waals surface area contributed by atoms with E-state index in [1.807, 2.05) is 31.2 Å². The number of carboxylic acid groups (broad SMARTS) is 1. The summed E-state index contributed by atoms with van der Waals surface area (Å²) in [5.74, 6) is -1.02. The summed E-state index contributed by atoms with van der Waals surface area (Å²) in [5, 5.41) is 9.50. The van der Waals surface area contributed by atoms with Crippen molar-refractivity contribution in [1.29, 1.82) is 0 Å². The van der Waals surface area contributed by atoms with Crippen LogP contribution in [0.3, 0.4) is 0 Å². The molecular weight excluding hydrogens is 316 g/mol. The summed E-state index contributed by atoms with van der Waals surface area (Å²) in [6.07, 6.45) is 0. The van der Waals surface area contributed by atoms with Gasteiger partial charge in [0, 0.05) is 4.47 Å². The van der Waals surface area contributed by atoms with Gasteiger partial charge in [0.15, 0.2) is 0 Å². The Balaban J connectivity index is 2.73. The van der Waals surface area contributed by atoms with Gasteiger partial charge in [-0.15, -0.1) is 0 Å². The topological polar surface area (TPSA) is 37.3 Å². The summed E-state index contributed by atoms with van der Waals surface area (Å²) < 4.78 is 0.758. The number of carboxylic acids is 1. The third-order valence-corrected chi connectivity index (χ3v) is 3.35. The predicted molar refractivity (Wildman–Crippen MR) is 76.3 cm³/mol. The molecular formula is C14H10BrClO2. The van der Waals surface area contributed by atoms with E-state index in [-0.39, 0.29) is 10.6 Å². The van der Waals surface area contributed by atoms with Gasteiger partial charge >= 0.3 is 5.97 Å². The summed E-state index contributed by atoms with van der Waals surface area (Å²) in [5.41, 5.74) is 2.66. The van der Waals surface area contributed by atoms with Gasteiger partial charge < -0.3 is 5.11 Å². The third-order valence-electron chi connectivity index (χ3n) is 2.60. The molecule has 0 fully saturated rings. The van der Waals surface area contributed by atoms with E-state index in [0.29, 0.717) is 5.56 Å². The first-order valence-corrected chi connectivity index (χ1v) is 6.45. The summed E-state index contributed by atoms with van der Waals surface area (Å²) in [6.45, 7) is 1.96. The molecule has 0 unspecified atom stereocenters. The Morgan fingerprint density at radius 3 is 2.61 bits per heavy atom. The van der Waals surface area contributed by atoms with Crippen molar-refractivity contribution in [3.8, 4) is 11.1 Å². The van der Waals surface area contributed by atoms with Crippen LogP contribution in [-0.4, -0.2) is 11.1 Å². The Labute approximate surface area is 118 Å². The van der Waals surface area contributed by atoms with Crippen LogP contribution in [0.4, 0.5) is 0 Å². The zero-order chi connectivity index (χ0) is 13.3. The second-order valence-electron chi connectivity index (χ2n) is 3.98.